The molecule has 0 amide bonds. The monoisotopic (exact) mass is 280 g/mol. The second-order valence-electron chi connectivity index (χ2n) is 5.74. The van der Waals surface area contributed by atoms with Crippen molar-refractivity contribution in [3.63, 3.8) is 0 Å². The molecule has 3 aliphatic rings. The maximum Gasteiger partial charge on any atom is 0.161 e. The molecule has 1 N–H and O–H groups in total. The zero-order chi connectivity index (χ0) is 12.0. The van der Waals surface area contributed by atoms with E-state index < -0.39 is 0 Å². The summed E-state index contributed by atoms with van der Waals surface area (Å²) in [6.45, 7) is 3.44. The van der Waals surface area contributed by atoms with E-state index in [4.69, 9.17) is 9.47 Å². The molecule has 1 aromatic carbocycles. The molecule has 4 heteroatoms. The first-order valence-corrected chi connectivity index (χ1v) is 7.01. The predicted molar refractivity (Wildman–Crippen MR) is 69.3 cm³/mol. The molecule has 0 bridgehead atoms. The summed E-state index contributed by atoms with van der Waals surface area (Å²) in [6, 6.07) is 4.45. The number of hydrogen-bond acceptors (Lipinski definition) is 3. The summed E-state index contributed by atoms with van der Waals surface area (Å²) in [5.74, 6) is 1.88. The lowest BCUT2D eigenvalue weighted by Gasteiger charge is -2.37. The summed E-state index contributed by atoms with van der Waals surface area (Å²) < 4.78 is 11.4. The number of fused-ring (bicyclic) bond motifs is 3. The first kappa shape index (κ1) is 13.1. The Morgan fingerprint density at radius 3 is 2.42 bits per heavy atom. The Bertz CT molecular complexity index is 483. The maximum atomic E-state index is 5.75. The van der Waals surface area contributed by atoms with Crippen LogP contribution in [0, 0.1) is 0 Å². The molecular weight excluding hydrogens is 262 g/mol. The molecule has 1 aromatic rings. The maximum absolute atomic E-state index is 5.75. The molecule has 1 aliphatic carbocycles. The van der Waals surface area contributed by atoms with Gasteiger partial charge in [0.15, 0.2) is 11.5 Å². The van der Waals surface area contributed by atoms with Crippen LogP contribution >= 0.6 is 0 Å². The molecule has 0 saturated heterocycles. The lowest BCUT2D eigenvalue weighted by atomic mass is 9.74. The average Bonchev–Trinajstić information content (AvgIpc) is 2.87. The molecule has 2 aliphatic heterocycles. The van der Waals surface area contributed by atoms with Crippen LogP contribution in [0.1, 0.15) is 36.8 Å². The van der Waals surface area contributed by atoms with Crippen molar-refractivity contribution in [3.05, 3.63) is 23.3 Å². The van der Waals surface area contributed by atoms with Crippen molar-refractivity contribution in [2.45, 2.75) is 37.6 Å². The zero-order valence-corrected chi connectivity index (χ0v) is 11.8. The molecule has 3 nitrogen and oxygen atoms in total. The summed E-state index contributed by atoms with van der Waals surface area (Å²) in [5.41, 5.74) is 3.29. The van der Waals surface area contributed by atoms with Crippen LogP contribution in [-0.2, 0) is 12.0 Å². The van der Waals surface area contributed by atoms with Gasteiger partial charge in [0.1, 0.15) is 13.2 Å². The molecule has 0 atom stereocenters. The second kappa shape index (κ2) is 4.88. The molecular formula is C15H19ClNO2-. The number of nitrogens with one attached hydrogen (secondary N) is 1. The summed E-state index contributed by atoms with van der Waals surface area (Å²) in [5, 5.41) is 3.58. The number of benzene rings is 1. The molecule has 0 aromatic heterocycles. The van der Waals surface area contributed by atoms with Gasteiger partial charge in [0.25, 0.3) is 0 Å². The van der Waals surface area contributed by atoms with Gasteiger partial charge in [-0.1, -0.05) is 12.8 Å². The Kier molecular flexibility index (Phi) is 3.35. The topological polar surface area (TPSA) is 30.5 Å². The minimum atomic E-state index is 0. The van der Waals surface area contributed by atoms with E-state index in [0.717, 1.165) is 24.6 Å². The van der Waals surface area contributed by atoms with Gasteiger partial charge < -0.3 is 27.2 Å². The minimum Gasteiger partial charge on any atom is -1.00 e. The van der Waals surface area contributed by atoms with E-state index >= 15 is 0 Å². The third-order valence-corrected chi connectivity index (χ3v) is 4.68. The molecule has 1 saturated carbocycles. The summed E-state index contributed by atoms with van der Waals surface area (Å²) in [6.07, 6.45) is 5.34. The van der Waals surface area contributed by atoms with Crippen LogP contribution < -0.4 is 27.2 Å². The fourth-order valence-electron chi connectivity index (χ4n) is 3.80. The highest BCUT2D eigenvalue weighted by molar-refractivity contribution is 5.52. The summed E-state index contributed by atoms with van der Waals surface area (Å²) >= 11 is 0. The SMILES string of the molecule is [Cl-].c1c2c(cc3c1OCCO3)C1(CCCC1)CNC2. The molecule has 104 valence electrons. The van der Waals surface area contributed by atoms with Crippen molar-refractivity contribution >= 4 is 0 Å². The van der Waals surface area contributed by atoms with Crippen LogP contribution in [0.2, 0.25) is 0 Å². The van der Waals surface area contributed by atoms with Gasteiger partial charge in [0.2, 0.25) is 0 Å². The number of rotatable bonds is 0. The lowest BCUT2D eigenvalue weighted by Crippen LogP contribution is -3.00. The van der Waals surface area contributed by atoms with Gasteiger partial charge in [0.05, 0.1) is 0 Å². The van der Waals surface area contributed by atoms with Crippen LogP contribution in [0.3, 0.4) is 0 Å². The van der Waals surface area contributed by atoms with Crippen molar-refractivity contribution in [1.29, 1.82) is 0 Å². The summed E-state index contributed by atoms with van der Waals surface area (Å²) in [4.78, 5) is 0. The van der Waals surface area contributed by atoms with Gasteiger partial charge in [0, 0.05) is 18.5 Å². The van der Waals surface area contributed by atoms with Gasteiger partial charge in [-0.15, -0.1) is 0 Å². The molecule has 2 heterocycles. The molecule has 1 spiro atoms. The predicted octanol–water partition coefficient (Wildman–Crippen LogP) is -0.623. The standard InChI is InChI=1S/C15H19NO2.ClH/c1-2-4-15(3-1)10-16-9-11-7-13-14(8-12(11)15)18-6-5-17-13;/h7-8,16H,1-6,9-10H2;1H/p-1. The van der Waals surface area contributed by atoms with Gasteiger partial charge in [-0.3, -0.25) is 0 Å². The average molecular weight is 281 g/mol. The highest BCUT2D eigenvalue weighted by Crippen LogP contribution is 2.47. The van der Waals surface area contributed by atoms with Gasteiger partial charge in [-0.2, -0.15) is 0 Å². The van der Waals surface area contributed by atoms with Crippen molar-refractivity contribution in [1.82, 2.24) is 5.32 Å². The Morgan fingerprint density at radius 1 is 1.00 bits per heavy atom. The van der Waals surface area contributed by atoms with Crippen LogP contribution in [0.25, 0.3) is 0 Å². The van der Waals surface area contributed by atoms with E-state index in [-0.39, 0.29) is 12.4 Å². The fraction of sp³-hybridized carbons (Fsp3) is 0.600. The van der Waals surface area contributed by atoms with Gasteiger partial charge in [-0.05, 0) is 36.1 Å². The quantitative estimate of drug-likeness (QED) is 0.687. The van der Waals surface area contributed by atoms with Crippen LogP contribution in [0.5, 0.6) is 11.5 Å². The van der Waals surface area contributed by atoms with E-state index in [9.17, 15) is 0 Å². The highest BCUT2D eigenvalue weighted by Gasteiger charge is 2.40. The molecule has 4 rings (SSSR count). The van der Waals surface area contributed by atoms with Gasteiger partial charge in [-0.25, -0.2) is 0 Å². The normalized spacial score (nSPS) is 22.7. The molecule has 0 unspecified atom stereocenters. The van der Waals surface area contributed by atoms with Crippen molar-refractivity contribution in [3.8, 4) is 11.5 Å². The van der Waals surface area contributed by atoms with Crippen LogP contribution in [0.15, 0.2) is 12.1 Å². The number of hydrogen-bond donors (Lipinski definition) is 1. The Morgan fingerprint density at radius 2 is 1.68 bits per heavy atom. The Hall–Kier alpha value is -0.930. The van der Waals surface area contributed by atoms with E-state index in [0.29, 0.717) is 18.6 Å². The number of halogens is 1. The van der Waals surface area contributed by atoms with Crippen molar-refractivity contribution in [2.24, 2.45) is 0 Å². The second-order valence-corrected chi connectivity index (χ2v) is 5.74. The first-order chi connectivity index (χ1) is 8.87. The molecule has 19 heavy (non-hydrogen) atoms. The Labute approximate surface area is 120 Å². The molecule has 0 radical (unpaired) electrons. The fourth-order valence-corrected chi connectivity index (χ4v) is 3.80. The first-order valence-electron chi connectivity index (χ1n) is 7.01. The smallest absolute Gasteiger partial charge is 0.161 e. The summed E-state index contributed by atoms with van der Waals surface area (Å²) in [7, 11) is 0. The van der Waals surface area contributed by atoms with E-state index in [1.807, 2.05) is 0 Å². The van der Waals surface area contributed by atoms with Crippen LogP contribution in [0.4, 0.5) is 0 Å². The lowest BCUT2D eigenvalue weighted by molar-refractivity contribution is -0.00000434. The van der Waals surface area contributed by atoms with E-state index in [1.54, 1.807) is 0 Å². The van der Waals surface area contributed by atoms with Gasteiger partial charge >= 0.3 is 0 Å². The third-order valence-electron chi connectivity index (χ3n) is 4.68. The van der Waals surface area contributed by atoms with Crippen molar-refractivity contribution in [2.75, 3.05) is 19.8 Å². The zero-order valence-electron chi connectivity index (χ0n) is 11.0. The highest BCUT2D eigenvalue weighted by atomic mass is 35.5. The van der Waals surface area contributed by atoms with Crippen molar-refractivity contribution < 1.29 is 21.9 Å². The molecule has 1 fully saturated rings. The largest absolute Gasteiger partial charge is 1.00 e. The Balaban J connectivity index is 0.00000110. The van der Waals surface area contributed by atoms with Crippen LogP contribution in [-0.4, -0.2) is 19.8 Å². The minimum absolute atomic E-state index is 0. The third kappa shape index (κ3) is 2.00. The van der Waals surface area contributed by atoms with E-state index in [1.165, 1.54) is 36.8 Å². The van der Waals surface area contributed by atoms with E-state index in [2.05, 4.69) is 17.4 Å². The number of ether oxygens (including phenoxy) is 2.